The van der Waals surface area contributed by atoms with Crippen LogP contribution in [0, 0.1) is 40.2 Å². The molecule has 0 aromatic heterocycles. The third kappa shape index (κ3) is 4.66. The van der Waals surface area contributed by atoms with E-state index in [1.165, 1.54) is 7.05 Å². The lowest BCUT2D eigenvalue weighted by Crippen LogP contribution is -2.28. The van der Waals surface area contributed by atoms with Crippen molar-refractivity contribution in [3.63, 3.8) is 0 Å². The molecular weight excluding hydrogens is 390 g/mol. The van der Waals surface area contributed by atoms with Crippen molar-refractivity contribution in [1.29, 1.82) is 5.26 Å². The molecule has 2 rings (SSSR count). The predicted molar refractivity (Wildman–Crippen MR) is 107 cm³/mol. The minimum atomic E-state index is -0.995. The van der Waals surface area contributed by atoms with Crippen LogP contribution in [0.25, 0.3) is 5.76 Å². The maximum atomic E-state index is 12.5. The molecule has 1 amide bonds. The van der Waals surface area contributed by atoms with Crippen LogP contribution in [0.3, 0.4) is 0 Å². The van der Waals surface area contributed by atoms with Crippen molar-refractivity contribution in [2.45, 2.75) is 6.92 Å². The topological polar surface area (TPSA) is 148 Å². The van der Waals surface area contributed by atoms with Gasteiger partial charge in [-0.2, -0.15) is 5.26 Å². The van der Waals surface area contributed by atoms with Crippen molar-refractivity contribution in [3.8, 4) is 29.4 Å². The monoisotopic (exact) mass is 407 g/mol. The van der Waals surface area contributed by atoms with Crippen molar-refractivity contribution >= 4 is 17.4 Å². The Labute approximate surface area is 171 Å². The summed E-state index contributed by atoms with van der Waals surface area (Å²) in [5.41, 5.74) is -0.221. The first kappa shape index (κ1) is 21.8. The zero-order valence-electron chi connectivity index (χ0n) is 16.1. The summed E-state index contributed by atoms with van der Waals surface area (Å²) in [4.78, 5) is 23.6. The number of amides is 1. The summed E-state index contributed by atoms with van der Waals surface area (Å²) < 4.78 is 0. The highest BCUT2D eigenvalue weighted by Gasteiger charge is 2.24. The molecule has 2 aromatic rings. The van der Waals surface area contributed by atoms with Crippen molar-refractivity contribution in [3.05, 3.63) is 68.8 Å². The number of hydrogen-bond donors (Lipinski definition) is 3. The van der Waals surface area contributed by atoms with Gasteiger partial charge in [-0.15, -0.1) is 0 Å². The Hall–Kier alpha value is -4.50. The van der Waals surface area contributed by atoms with Crippen LogP contribution < -0.4 is 0 Å². The lowest BCUT2D eigenvalue weighted by molar-refractivity contribution is -0.386. The fourth-order valence-corrected chi connectivity index (χ4v) is 2.46. The van der Waals surface area contributed by atoms with Gasteiger partial charge in [0.15, 0.2) is 11.3 Å². The van der Waals surface area contributed by atoms with Gasteiger partial charge >= 0.3 is 5.69 Å². The molecule has 152 valence electrons. The first-order valence-corrected chi connectivity index (χ1v) is 8.51. The number of nitriles is 1. The Morgan fingerprint density at radius 3 is 2.53 bits per heavy atom. The number of likely N-dealkylation sites (N-methyl/N-ethyl adjacent to an activating group) is 1. The van der Waals surface area contributed by atoms with E-state index >= 15 is 0 Å². The van der Waals surface area contributed by atoms with Crippen LogP contribution in [0.5, 0.6) is 11.5 Å². The van der Waals surface area contributed by atoms with E-state index in [4.69, 9.17) is 0 Å². The Balaban J connectivity index is 2.33. The number of aliphatic hydroxyl groups is 1. The van der Waals surface area contributed by atoms with Gasteiger partial charge in [-0.1, -0.05) is 30.0 Å². The van der Waals surface area contributed by atoms with E-state index in [-0.39, 0.29) is 12.1 Å². The number of aryl methyl sites for hydroxylation is 1. The van der Waals surface area contributed by atoms with E-state index in [2.05, 4.69) is 11.8 Å². The molecule has 0 saturated carbocycles. The molecule has 0 aliphatic heterocycles. The molecule has 30 heavy (non-hydrogen) atoms. The van der Waals surface area contributed by atoms with Crippen LogP contribution in [-0.2, 0) is 4.79 Å². The van der Waals surface area contributed by atoms with Crippen molar-refractivity contribution in [2.75, 3.05) is 13.6 Å². The van der Waals surface area contributed by atoms with Crippen LogP contribution in [0.4, 0.5) is 5.69 Å². The summed E-state index contributed by atoms with van der Waals surface area (Å²) in [5, 5.41) is 49.8. The number of nitro benzene ring substituents is 1. The second kappa shape index (κ2) is 9.13. The smallest absolute Gasteiger partial charge is 0.315 e. The van der Waals surface area contributed by atoms with Gasteiger partial charge in [-0.25, -0.2) is 0 Å². The van der Waals surface area contributed by atoms with E-state index in [0.717, 1.165) is 28.2 Å². The lowest BCUT2D eigenvalue weighted by atomic mass is 10.1. The van der Waals surface area contributed by atoms with Crippen LogP contribution >= 0.6 is 0 Å². The number of benzene rings is 2. The van der Waals surface area contributed by atoms with Gasteiger partial charge in [-0.3, -0.25) is 14.9 Å². The van der Waals surface area contributed by atoms with E-state index in [9.17, 15) is 35.5 Å². The number of phenolic OH excluding ortho intramolecular Hbond substituents is 2. The minimum absolute atomic E-state index is 0.0490. The van der Waals surface area contributed by atoms with Crippen LogP contribution in [0.1, 0.15) is 16.7 Å². The van der Waals surface area contributed by atoms with Gasteiger partial charge in [0.2, 0.25) is 5.75 Å². The van der Waals surface area contributed by atoms with Gasteiger partial charge in [-0.05, 0) is 24.6 Å². The Bertz CT molecular complexity index is 1150. The number of carbonyl (C=O) groups excluding carboxylic acids is 1. The first-order chi connectivity index (χ1) is 14.2. The molecule has 0 aliphatic carbocycles. The van der Waals surface area contributed by atoms with Crippen LogP contribution in [0.2, 0.25) is 0 Å². The van der Waals surface area contributed by atoms with Crippen molar-refractivity contribution < 1.29 is 25.0 Å². The fourth-order valence-electron chi connectivity index (χ4n) is 2.46. The first-order valence-electron chi connectivity index (χ1n) is 8.51. The molecule has 0 unspecified atom stereocenters. The molecule has 3 N–H and O–H groups in total. The lowest BCUT2D eigenvalue weighted by Gasteiger charge is -2.14. The fraction of sp³-hybridized carbons (Fsp3) is 0.143. The number of carbonyl (C=O) groups is 1. The molecule has 2 aromatic carbocycles. The number of nitro groups is 1. The summed E-state index contributed by atoms with van der Waals surface area (Å²) in [6.45, 7) is 1.84. The van der Waals surface area contributed by atoms with Gasteiger partial charge in [0.1, 0.15) is 11.8 Å². The zero-order chi connectivity index (χ0) is 22.4. The molecule has 0 saturated heterocycles. The quantitative estimate of drug-likeness (QED) is 0.134. The molecule has 9 heteroatoms. The normalized spacial score (nSPS) is 10.8. The maximum absolute atomic E-state index is 12.5. The van der Waals surface area contributed by atoms with Gasteiger partial charge in [0.05, 0.1) is 11.5 Å². The van der Waals surface area contributed by atoms with Gasteiger partial charge < -0.3 is 20.2 Å². The molecule has 0 bridgehead atoms. The van der Waals surface area contributed by atoms with Crippen LogP contribution in [0.15, 0.2) is 42.0 Å². The average molecular weight is 407 g/mol. The molecule has 0 heterocycles. The van der Waals surface area contributed by atoms with E-state index < -0.39 is 39.3 Å². The highest BCUT2D eigenvalue weighted by molar-refractivity contribution is 6.03. The van der Waals surface area contributed by atoms with E-state index in [0.29, 0.717) is 0 Å². The number of phenols is 2. The Morgan fingerprint density at radius 2 is 1.93 bits per heavy atom. The van der Waals surface area contributed by atoms with Gasteiger partial charge in [0.25, 0.3) is 5.91 Å². The molecule has 0 aliphatic rings. The van der Waals surface area contributed by atoms with E-state index in [1.54, 1.807) is 6.07 Å². The van der Waals surface area contributed by atoms with Crippen molar-refractivity contribution in [1.82, 2.24) is 4.90 Å². The largest absolute Gasteiger partial charge is 0.506 e. The summed E-state index contributed by atoms with van der Waals surface area (Å²) in [7, 11) is 1.37. The second-order valence-corrected chi connectivity index (χ2v) is 6.23. The van der Waals surface area contributed by atoms with Crippen LogP contribution in [-0.4, -0.2) is 44.6 Å². The molecule has 0 radical (unpaired) electrons. The number of aliphatic hydroxyl groups excluding tert-OH is 1. The highest BCUT2D eigenvalue weighted by atomic mass is 16.6. The standard InChI is InChI=1S/C21H17N3O6/c1-13-6-3-4-7-14(13)8-5-9-23(2)21(28)16(12-22)19(26)15-10-17(24(29)30)20(27)18(25)11-15/h3-4,6-7,10-11,25-27H,9H2,1-2H3/b19-16-. The van der Waals surface area contributed by atoms with E-state index in [1.807, 2.05) is 31.2 Å². The van der Waals surface area contributed by atoms with Crippen molar-refractivity contribution in [2.24, 2.45) is 0 Å². The second-order valence-electron chi connectivity index (χ2n) is 6.23. The summed E-state index contributed by atoms with van der Waals surface area (Å²) >= 11 is 0. The number of nitrogens with zero attached hydrogens (tertiary/aromatic N) is 3. The summed E-state index contributed by atoms with van der Waals surface area (Å²) in [6.07, 6.45) is 0. The predicted octanol–water partition coefficient (Wildman–Crippen LogP) is 2.62. The zero-order valence-corrected chi connectivity index (χ0v) is 16.1. The molecular formula is C21H17N3O6. The molecule has 0 spiro atoms. The molecule has 0 atom stereocenters. The summed E-state index contributed by atoms with van der Waals surface area (Å²) in [6, 6.07) is 10.5. The van der Waals surface area contributed by atoms with Gasteiger partial charge in [0, 0.05) is 24.2 Å². The molecule has 9 nitrogen and oxygen atoms in total. The Kier molecular flexibility index (Phi) is 6.63. The maximum Gasteiger partial charge on any atom is 0.315 e. The number of rotatable bonds is 4. The summed E-state index contributed by atoms with van der Waals surface area (Å²) in [5.74, 6) is 2.09. The molecule has 0 fully saturated rings. The average Bonchev–Trinajstić information content (AvgIpc) is 2.71. The third-order valence-electron chi connectivity index (χ3n) is 4.13. The number of hydrogen-bond acceptors (Lipinski definition) is 7. The Morgan fingerprint density at radius 1 is 1.27 bits per heavy atom. The highest BCUT2D eigenvalue weighted by Crippen LogP contribution is 2.38. The minimum Gasteiger partial charge on any atom is -0.506 e. The SMILES string of the molecule is Cc1ccccc1C#CCN(C)C(=O)/C(C#N)=C(\O)c1cc(O)c(O)c([N+](=O)[O-])c1. The number of aromatic hydroxyl groups is 2. The third-order valence-corrected chi connectivity index (χ3v) is 4.13.